The Morgan fingerprint density at radius 2 is 1.90 bits per heavy atom. The smallest absolute Gasteiger partial charge is 0.273 e. The number of sulfone groups is 1. The largest absolute Gasteiger partial charge is 0.497 e. The van der Waals surface area contributed by atoms with Gasteiger partial charge in [0.25, 0.3) is 5.91 Å². The van der Waals surface area contributed by atoms with E-state index in [1.807, 2.05) is 0 Å². The molecule has 0 aliphatic heterocycles. The highest BCUT2D eigenvalue weighted by Crippen LogP contribution is 2.45. The average Bonchev–Trinajstić information content (AvgIpc) is 2.44. The Balaban J connectivity index is 2.42. The highest BCUT2D eigenvalue weighted by molar-refractivity contribution is 7.93. The van der Waals surface area contributed by atoms with Gasteiger partial charge in [-0.05, 0) is 37.1 Å². The second-order valence-electron chi connectivity index (χ2n) is 4.98. The zero-order valence-corrected chi connectivity index (χ0v) is 12.3. The summed E-state index contributed by atoms with van der Waals surface area (Å²) in [4.78, 5) is 11.4. The molecule has 1 saturated carbocycles. The van der Waals surface area contributed by atoms with E-state index in [0.29, 0.717) is 12.2 Å². The number of aliphatic hydroxyl groups excluding tert-OH is 1. The summed E-state index contributed by atoms with van der Waals surface area (Å²) < 4.78 is 28.9. The Hall–Kier alpha value is -1.64. The predicted octanol–water partition coefficient (Wildman–Crippen LogP) is 0.258. The normalized spacial score (nSPS) is 18.4. The van der Waals surface area contributed by atoms with Crippen LogP contribution in [0, 0.1) is 0 Å². The fourth-order valence-corrected chi connectivity index (χ4v) is 4.69. The molecule has 0 bridgehead atoms. The monoisotopic (exact) mass is 315 g/mol. The highest BCUT2D eigenvalue weighted by atomic mass is 32.2. The maximum absolute atomic E-state index is 12.7. The average molecular weight is 315 g/mol. The second-order valence-corrected chi connectivity index (χ2v) is 7.27. The van der Waals surface area contributed by atoms with Crippen LogP contribution in [0.2, 0.25) is 0 Å². The molecule has 8 heteroatoms. The molecule has 1 aliphatic carbocycles. The minimum atomic E-state index is -3.92. The third kappa shape index (κ3) is 2.39. The van der Waals surface area contributed by atoms with Crippen LogP contribution in [-0.2, 0) is 14.6 Å². The molecule has 0 spiro atoms. The molecule has 1 aromatic rings. The third-order valence-corrected chi connectivity index (χ3v) is 6.56. The number of rotatable bonds is 5. The van der Waals surface area contributed by atoms with Gasteiger partial charge in [-0.25, -0.2) is 13.9 Å². The number of hydrogen-bond donors (Lipinski definition) is 3. The fraction of sp³-hybridized carbons (Fsp3) is 0.462. The first-order chi connectivity index (χ1) is 9.89. The molecule has 0 heterocycles. The molecular weight excluding hydrogens is 298 g/mol. The quantitative estimate of drug-likeness (QED) is 0.530. The van der Waals surface area contributed by atoms with Crippen LogP contribution in [0.15, 0.2) is 29.2 Å². The summed E-state index contributed by atoms with van der Waals surface area (Å²) in [5.41, 5.74) is 1.31. The molecule has 2 rings (SSSR count). The molecule has 0 radical (unpaired) electrons. The van der Waals surface area contributed by atoms with Gasteiger partial charge in [0.05, 0.1) is 12.0 Å². The van der Waals surface area contributed by atoms with Gasteiger partial charge in [-0.1, -0.05) is 6.42 Å². The van der Waals surface area contributed by atoms with Crippen molar-refractivity contribution < 1.29 is 28.3 Å². The lowest BCUT2D eigenvalue weighted by Gasteiger charge is -2.43. The van der Waals surface area contributed by atoms with Crippen molar-refractivity contribution in [3.05, 3.63) is 24.3 Å². The van der Waals surface area contributed by atoms with E-state index in [2.05, 4.69) is 0 Å². The summed E-state index contributed by atoms with van der Waals surface area (Å²) in [6.07, 6.45) is -0.903. The van der Waals surface area contributed by atoms with Crippen LogP contribution in [0.3, 0.4) is 0 Å². The van der Waals surface area contributed by atoms with E-state index in [-0.39, 0.29) is 17.7 Å². The van der Waals surface area contributed by atoms with Gasteiger partial charge < -0.3 is 9.84 Å². The van der Waals surface area contributed by atoms with E-state index in [1.165, 1.54) is 36.9 Å². The maximum atomic E-state index is 12.7. The molecular formula is C13H17NO6S. The molecule has 1 atom stereocenters. The number of ether oxygens (including phenoxy) is 1. The van der Waals surface area contributed by atoms with Crippen LogP contribution in [0.1, 0.15) is 19.3 Å². The van der Waals surface area contributed by atoms with Crippen molar-refractivity contribution in [2.24, 2.45) is 0 Å². The van der Waals surface area contributed by atoms with Crippen LogP contribution >= 0.6 is 0 Å². The van der Waals surface area contributed by atoms with Gasteiger partial charge in [-0.15, -0.1) is 0 Å². The summed E-state index contributed by atoms with van der Waals surface area (Å²) in [7, 11) is -2.46. The van der Waals surface area contributed by atoms with Crippen molar-refractivity contribution in [2.75, 3.05) is 7.11 Å². The number of carbonyl (C=O) groups excluding carboxylic acids is 1. The minimum Gasteiger partial charge on any atom is -0.497 e. The van der Waals surface area contributed by atoms with Gasteiger partial charge in [0.2, 0.25) is 0 Å². The van der Waals surface area contributed by atoms with E-state index in [0.717, 1.165) is 0 Å². The van der Waals surface area contributed by atoms with Crippen LogP contribution in [0.4, 0.5) is 0 Å². The Labute approximate surface area is 122 Å². The van der Waals surface area contributed by atoms with E-state index in [4.69, 9.17) is 9.94 Å². The lowest BCUT2D eigenvalue weighted by atomic mass is 9.79. The van der Waals surface area contributed by atoms with Crippen LogP contribution in [0.5, 0.6) is 5.75 Å². The summed E-state index contributed by atoms with van der Waals surface area (Å²) in [6.45, 7) is 0. The van der Waals surface area contributed by atoms with Crippen LogP contribution in [-0.4, -0.2) is 42.6 Å². The van der Waals surface area contributed by atoms with Gasteiger partial charge in [0, 0.05) is 0 Å². The standard InChI is InChI=1S/C13H17NO6S/c1-20-9-3-5-10(6-4-9)21(18,19)13(7-2-8-13)11(15)12(16)14-17/h3-6,11,15,17H,2,7-8H2,1H3,(H,14,16). The van der Waals surface area contributed by atoms with Crippen molar-refractivity contribution >= 4 is 15.7 Å². The van der Waals surface area contributed by atoms with E-state index in [1.54, 1.807) is 0 Å². The van der Waals surface area contributed by atoms with Crippen molar-refractivity contribution in [2.45, 2.75) is 35.0 Å². The highest BCUT2D eigenvalue weighted by Gasteiger charge is 2.57. The predicted molar refractivity (Wildman–Crippen MR) is 72.7 cm³/mol. The van der Waals surface area contributed by atoms with E-state index >= 15 is 0 Å². The van der Waals surface area contributed by atoms with Gasteiger partial charge in [0.1, 0.15) is 10.5 Å². The lowest BCUT2D eigenvalue weighted by Crippen LogP contribution is -2.59. The Morgan fingerprint density at radius 1 is 1.33 bits per heavy atom. The van der Waals surface area contributed by atoms with Crippen LogP contribution in [0.25, 0.3) is 0 Å². The second kappa shape index (κ2) is 5.63. The van der Waals surface area contributed by atoms with Crippen LogP contribution < -0.4 is 10.2 Å². The number of carbonyl (C=O) groups is 1. The summed E-state index contributed by atoms with van der Waals surface area (Å²) in [5, 5.41) is 18.6. The lowest BCUT2D eigenvalue weighted by molar-refractivity contribution is -0.141. The Bertz CT molecular complexity index is 621. The van der Waals surface area contributed by atoms with Crippen molar-refractivity contribution in [3.63, 3.8) is 0 Å². The number of aliphatic hydroxyl groups is 1. The van der Waals surface area contributed by atoms with Crippen molar-refractivity contribution in [1.29, 1.82) is 0 Å². The van der Waals surface area contributed by atoms with Gasteiger partial charge in [0.15, 0.2) is 15.9 Å². The molecule has 1 fully saturated rings. The summed E-state index contributed by atoms with van der Waals surface area (Å²) in [6, 6.07) is 5.74. The SMILES string of the molecule is COc1ccc(S(=O)(=O)C2(C(O)C(=O)NO)CCC2)cc1. The zero-order chi connectivity index (χ0) is 15.7. The first-order valence-corrected chi connectivity index (χ1v) is 7.88. The summed E-state index contributed by atoms with van der Waals surface area (Å²) in [5.74, 6) is -0.614. The van der Waals surface area contributed by atoms with Gasteiger partial charge in [-0.3, -0.25) is 10.0 Å². The molecule has 3 N–H and O–H groups in total. The molecule has 21 heavy (non-hydrogen) atoms. The van der Waals surface area contributed by atoms with Crippen molar-refractivity contribution in [1.82, 2.24) is 5.48 Å². The summed E-state index contributed by atoms with van der Waals surface area (Å²) >= 11 is 0. The molecule has 7 nitrogen and oxygen atoms in total. The fourth-order valence-electron chi connectivity index (χ4n) is 2.50. The zero-order valence-electron chi connectivity index (χ0n) is 11.4. The van der Waals surface area contributed by atoms with Crippen molar-refractivity contribution in [3.8, 4) is 5.75 Å². The number of benzene rings is 1. The number of hydroxylamine groups is 1. The number of hydrogen-bond acceptors (Lipinski definition) is 6. The third-order valence-electron chi connectivity index (χ3n) is 3.96. The number of methoxy groups -OCH3 is 1. The molecule has 1 amide bonds. The molecule has 1 aliphatic rings. The number of nitrogens with one attached hydrogen (secondary N) is 1. The Morgan fingerprint density at radius 3 is 2.29 bits per heavy atom. The molecule has 1 unspecified atom stereocenters. The maximum Gasteiger partial charge on any atom is 0.273 e. The molecule has 1 aromatic carbocycles. The molecule has 116 valence electrons. The van der Waals surface area contributed by atoms with Gasteiger partial charge >= 0.3 is 0 Å². The topological polar surface area (TPSA) is 113 Å². The van der Waals surface area contributed by atoms with Gasteiger partial charge in [-0.2, -0.15) is 0 Å². The molecule has 0 saturated heterocycles. The van der Waals surface area contributed by atoms with E-state index < -0.39 is 26.6 Å². The number of amides is 1. The minimum absolute atomic E-state index is 0.00721. The Kier molecular flexibility index (Phi) is 4.22. The first kappa shape index (κ1) is 15.7. The first-order valence-electron chi connectivity index (χ1n) is 6.40. The van der Waals surface area contributed by atoms with E-state index in [9.17, 15) is 18.3 Å². The molecule has 0 aromatic heterocycles.